The van der Waals surface area contributed by atoms with Crippen LogP contribution in [-0.2, 0) is 14.6 Å². The van der Waals surface area contributed by atoms with Gasteiger partial charge in [-0.3, -0.25) is 0 Å². The van der Waals surface area contributed by atoms with Gasteiger partial charge in [0.25, 0.3) is 0 Å². The predicted molar refractivity (Wildman–Crippen MR) is 69.7 cm³/mol. The van der Waals surface area contributed by atoms with Gasteiger partial charge in [-0.15, -0.1) is 0 Å². The minimum absolute atomic E-state index is 0.0468. The third-order valence-corrected chi connectivity index (χ3v) is 5.86. The van der Waals surface area contributed by atoms with Crippen molar-refractivity contribution in [1.29, 1.82) is 0 Å². The summed E-state index contributed by atoms with van der Waals surface area (Å²) >= 11 is 0. The Hall–Kier alpha value is -0.130. The highest BCUT2D eigenvalue weighted by Crippen LogP contribution is 2.23. The van der Waals surface area contributed by atoms with Crippen molar-refractivity contribution >= 4 is 9.84 Å². The molecule has 0 aromatic heterocycles. The number of hydrogen-bond acceptors (Lipinski definition) is 4. The zero-order valence-electron chi connectivity index (χ0n) is 10.9. The number of rotatable bonds is 6. The van der Waals surface area contributed by atoms with E-state index in [0.29, 0.717) is 44.8 Å². The van der Waals surface area contributed by atoms with E-state index in [1.165, 1.54) is 0 Å². The summed E-state index contributed by atoms with van der Waals surface area (Å²) in [5.74, 6) is 0.293. The standard InChI is InChI=1S/C12H25NO3S/c1-12(2,10-13)6-3-9-17(14,15)11-4-7-16-8-5-11/h11H,3-10,13H2,1-2H3. The van der Waals surface area contributed by atoms with Gasteiger partial charge in [0.15, 0.2) is 9.84 Å². The van der Waals surface area contributed by atoms with Crippen LogP contribution in [-0.4, -0.2) is 39.2 Å². The third kappa shape index (κ3) is 4.94. The lowest BCUT2D eigenvalue weighted by molar-refractivity contribution is 0.0983. The molecule has 1 rings (SSSR count). The molecule has 4 nitrogen and oxygen atoms in total. The van der Waals surface area contributed by atoms with E-state index in [0.717, 1.165) is 6.42 Å². The normalized spacial score (nSPS) is 19.5. The molecule has 1 heterocycles. The summed E-state index contributed by atoms with van der Waals surface area (Å²) in [7, 11) is -2.93. The lowest BCUT2D eigenvalue weighted by Gasteiger charge is -2.24. The maximum atomic E-state index is 12.1. The zero-order chi connectivity index (χ0) is 12.9. The number of ether oxygens (including phenoxy) is 1. The van der Waals surface area contributed by atoms with Gasteiger partial charge in [0.2, 0.25) is 0 Å². The van der Waals surface area contributed by atoms with Crippen molar-refractivity contribution in [2.45, 2.75) is 44.8 Å². The molecule has 0 amide bonds. The number of nitrogens with two attached hydrogens (primary N) is 1. The monoisotopic (exact) mass is 263 g/mol. The molecule has 0 aromatic carbocycles. The first-order valence-electron chi connectivity index (χ1n) is 6.37. The molecule has 102 valence electrons. The SMILES string of the molecule is CC(C)(CN)CCCS(=O)(=O)C1CCOCC1. The summed E-state index contributed by atoms with van der Waals surface area (Å²) in [5.41, 5.74) is 5.68. The first kappa shape index (κ1) is 14.9. The number of hydrogen-bond donors (Lipinski definition) is 1. The lowest BCUT2D eigenvalue weighted by atomic mass is 9.88. The van der Waals surface area contributed by atoms with Crippen molar-refractivity contribution in [3.63, 3.8) is 0 Å². The van der Waals surface area contributed by atoms with E-state index in [-0.39, 0.29) is 10.7 Å². The van der Waals surface area contributed by atoms with Gasteiger partial charge >= 0.3 is 0 Å². The Morgan fingerprint density at radius 1 is 1.29 bits per heavy atom. The first-order chi connectivity index (χ1) is 7.87. The van der Waals surface area contributed by atoms with Crippen LogP contribution in [0.3, 0.4) is 0 Å². The van der Waals surface area contributed by atoms with Gasteiger partial charge < -0.3 is 10.5 Å². The fraction of sp³-hybridized carbons (Fsp3) is 1.00. The van der Waals surface area contributed by atoms with Crippen LogP contribution >= 0.6 is 0 Å². The fourth-order valence-corrected chi connectivity index (χ4v) is 3.85. The Morgan fingerprint density at radius 3 is 2.41 bits per heavy atom. The van der Waals surface area contributed by atoms with Crippen LogP contribution in [0.1, 0.15) is 39.5 Å². The van der Waals surface area contributed by atoms with Crippen LogP contribution in [0.5, 0.6) is 0 Å². The van der Waals surface area contributed by atoms with E-state index in [2.05, 4.69) is 13.8 Å². The van der Waals surface area contributed by atoms with Crippen LogP contribution in [0, 0.1) is 5.41 Å². The Kier molecular flexibility index (Phi) is 5.41. The Labute approximate surface area is 105 Å². The summed E-state index contributed by atoms with van der Waals surface area (Å²) < 4.78 is 29.3. The van der Waals surface area contributed by atoms with Crippen molar-refractivity contribution in [3.8, 4) is 0 Å². The summed E-state index contributed by atoms with van der Waals surface area (Å²) in [4.78, 5) is 0. The quantitative estimate of drug-likeness (QED) is 0.785. The second-order valence-electron chi connectivity index (χ2n) is 5.65. The van der Waals surface area contributed by atoms with E-state index in [1.807, 2.05) is 0 Å². The van der Waals surface area contributed by atoms with Crippen molar-refractivity contribution in [1.82, 2.24) is 0 Å². The largest absolute Gasteiger partial charge is 0.381 e. The molecule has 1 aliphatic heterocycles. The maximum Gasteiger partial charge on any atom is 0.153 e. The predicted octanol–water partition coefficient (Wildman–Crippen LogP) is 1.35. The molecule has 1 fully saturated rings. The van der Waals surface area contributed by atoms with Crippen molar-refractivity contribution in [2.24, 2.45) is 11.1 Å². The molecule has 0 atom stereocenters. The molecule has 0 aromatic rings. The maximum absolute atomic E-state index is 12.1. The van der Waals surface area contributed by atoms with Crippen LogP contribution in [0.15, 0.2) is 0 Å². The summed E-state index contributed by atoms with van der Waals surface area (Å²) in [5, 5.41) is -0.183. The third-order valence-electron chi connectivity index (χ3n) is 3.51. The minimum Gasteiger partial charge on any atom is -0.381 e. The Morgan fingerprint density at radius 2 is 1.88 bits per heavy atom. The molecule has 0 saturated carbocycles. The zero-order valence-corrected chi connectivity index (χ0v) is 11.8. The molecule has 1 aliphatic rings. The topological polar surface area (TPSA) is 69.4 Å². The van der Waals surface area contributed by atoms with Crippen molar-refractivity contribution < 1.29 is 13.2 Å². The van der Waals surface area contributed by atoms with Crippen LogP contribution in [0.4, 0.5) is 0 Å². The number of sulfone groups is 1. The molecule has 0 bridgehead atoms. The van der Waals surface area contributed by atoms with Gasteiger partial charge in [0.05, 0.1) is 11.0 Å². The summed E-state index contributed by atoms with van der Waals surface area (Å²) in [6.07, 6.45) is 2.89. The van der Waals surface area contributed by atoms with E-state index in [9.17, 15) is 8.42 Å². The van der Waals surface area contributed by atoms with Gasteiger partial charge in [-0.25, -0.2) is 8.42 Å². The molecule has 0 radical (unpaired) electrons. The van der Waals surface area contributed by atoms with Crippen LogP contribution < -0.4 is 5.73 Å². The van der Waals surface area contributed by atoms with Gasteiger partial charge in [-0.2, -0.15) is 0 Å². The van der Waals surface area contributed by atoms with E-state index < -0.39 is 9.84 Å². The van der Waals surface area contributed by atoms with E-state index in [4.69, 9.17) is 10.5 Å². The fourth-order valence-electron chi connectivity index (χ4n) is 2.06. The Bertz CT molecular complexity index is 319. The van der Waals surface area contributed by atoms with Crippen molar-refractivity contribution in [3.05, 3.63) is 0 Å². The average molecular weight is 263 g/mol. The molecular weight excluding hydrogens is 238 g/mol. The van der Waals surface area contributed by atoms with Crippen molar-refractivity contribution in [2.75, 3.05) is 25.5 Å². The Balaban J connectivity index is 2.39. The lowest BCUT2D eigenvalue weighted by Crippen LogP contribution is -2.31. The highest BCUT2D eigenvalue weighted by molar-refractivity contribution is 7.92. The highest BCUT2D eigenvalue weighted by Gasteiger charge is 2.27. The first-order valence-corrected chi connectivity index (χ1v) is 8.08. The molecule has 17 heavy (non-hydrogen) atoms. The average Bonchev–Trinajstić information content (AvgIpc) is 2.30. The van der Waals surface area contributed by atoms with Gasteiger partial charge in [-0.1, -0.05) is 13.8 Å². The summed E-state index contributed by atoms with van der Waals surface area (Å²) in [6, 6.07) is 0. The molecule has 1 saturated heterocycles. The van der Waals surface area contributed by atoms with E-state index >= 15 is 0 Å². The van der Waals surface area contributed by atoms with Gasteiger partial charge in [-0.05, 0) is 37.6 Å². The molecule has 0 unspecified atom stereocenters. The van der Waals surface area contributed by atoms with Gasteiger partial charge in [0, 0.05) is 13.2 Å². The molecule has 0 spiro atoms. The molecule has 5 heteroatoms. The van der Waals surface area contributed by atoms with E-state index in [1.54, 1.807) is 0 Å². The van der Waals surface area contributed by atoms with Gasteiger partial charge in [0.1, 0.15) is 0 Å². The summed E-state index contributed by atoms with van der Waals surface area (Å²) in [6.45, 7) is 5.92. The molecular formula is C12H25NO3S. The minimum atomic E-state index is -2.93. The van der Waals surface area contributed by atoms with Crippen LogP contribution in [0.25, 0.3) is 0 Å². The smallest absolute Gasteiger partial charge is 0.153 e. The molecule has 2 N–H and O–H groups in total. The second-order valence-corrected chi connectivity index (χ2v) is 8.05. The highest BCUT2D eigenvalue weighted by atomic mass is 32.2. The molecule has 0 aliphatic carbocycles. The van der Waals surface area contributed by atoms with Crippen LogP contribution in [0.2, 0.25) is 0 Å². The second kappa shape index (κ2) is 6.16.